The molecule has 2 aromatic rings. The lowest BCUT2D eigenvalue weighted by Gasteiger charge is -2.14. The van der Waals surface area contributed by atoms with Crippen LogP contribution in [0, 0.1) is 6.92 Å². The van der Waals surface area contributed by atoms with Crippen LogP contribution in [0.2, 0.25) is 0 Å². The Morgan fingerprint density at radius 2 is 1.67 bits per heavy atom. The van der Waals surface area contributed by atoms with Crippen molar-refractivity contribution in [1.29, 1.82) is 0 Å². The van der Waals surface area contributed by atoms with Gasteiger partial charge in [0.15, 0.2) is 0 Å². The molecule has 0 bridgehead atoms. The van der Waals surface area contributed by atoms with Crippen LogP contribution in [0.4, 0.5) is 5.69 Å². The second-order valence-corrected chi connectivity index (χ2v) is 4.74. The molecule has 0 unspecified atom stereocenters. The van der Waals surface area contributed by atoms with E-state index in [1.807, 2.05) is 24.3 Å². The van der Waals surface area contributed by atoms with E-state index in [1.54, 1.807) is 0 Å². The molecule has 0 aliphatic carbocycles. The molecule has 0 radical (unpaired) electrons. The summed E-state index contributed by atoms with van der Waals surface area (Å²) in [5.74, 6) is 0. The summed E-state index contributed by atoms with van der Waals surface area (Å²) in [6.45, 7) is 2.11. The van der Waals surface area contributed by atoms with Gasteiger partial charge in [0.25, 0.3) is 0 Å². The third kappa shape index (κ3) is 3.11. The summed E-state index contributed by atoms with van der Waals surface area (Å²) in [6.07, 6.45) is 1.94. The Kier molecular flexibility index (Phi) is 4.00. The minimum absolute atomic E-state index is 0.101. The van der Waals surface area contributed by atoms with E-state index in [2.05, 4.69) is 31.2 Å². The van der Waals surface area contributed by atoms with Gasteiger partial charge in [0, 0.05) is 11.7 Å². The lowest BCUT2D eigenvalue weighted by Crippen LogP contribution is -2.12. The zero-order valence-electron chi connectivity index (χ0n) is 10.8. The summed E-state index contributed by atoms with van der Waals surface area (Å²) < 4.78 is 0. The van der Waals surface area contributed by atoms with Gasteiger partial charge in [-0.15, -0.1) is 0 Å². The summed E-state index contributed by atoms with van der Waals surface area (Å²) in [6, 6.07) is 16.4. The highest BCUT2D eigenvalue weighted by atomic mass is 14.6. The van der Waals surface area contributed by atoms with Crippen LogP contribution >= 0.6 is 0 Å². The molecule has 94 valence electrons. The topological polar surface area (TPSA) is 52.0 Å². The number of benzene rings is 2. The van der Waals surface area contributed by atoms with Crippen LogP contribution in [0.25, 0.3) is 0 Å². The quantitative estimate of drug-likeness (QED) is 0.806. The van der Waals surface area contributed by atoms with E-state index in [0.717, 1.165) is 18.5 Å². The highest BCUT2D eigenvalue weighted by molar-refractivity contribution is 5.39. The third-order valence-corrected chi connectivity index (χ3v) is 3.31. The van der Waals surface area contributed by atoms with Gasteiger partial charge < -0.3 is 11.5 Å². The van der Waals surface area contributed by atoms with E-state index < -0.39 is 0 Å². The molecule has 18 heavy (non-hydrogen) atoms. The van der Waals surface area contributed by atoms with E-state index in [4.69, 9.17) is 11.5 Å². The summed E-state index contributed by atoms with van der Waals surface area (Å²) >= 11 is 0. The maximum absolute atomic E-state index is 6.25. The van der Waals surface area contributed by atoms with Gasteiger partial charge in [0.05, 0.1) is 0 Å². The van der Waals surface area contributed by atoms with E-state index in [9.17, 15) is 0 Å². The van der Waals surface area contributed by atoms with Gasteiger partial charge in [-0.3, -0.25) is 0 Å². The first-order chi connectivity index (χ1) is 8.66. The summed E-state index contributed by atoms with van der Waals surface area (Å²) in [7, 11) is 0. The molecule has 2 nitrogen and oxygen atoms in total. The van der Waals surface area contributed by atoms with Crippen LogP contribution in [0.3, 0.4) is 0 Å². The molecule has 2 aromatic carbocycles. The van der Waals surface area contributed by atoms with Gasteiger partial charge in [-0.05, 0) is 48.6 Å². The minimum Gasteiger partial charge on any atom is -0.399 e. The van der Waals surface area contributed by atoms with Crippen molar-refractivity contribution < 1.29 is 0 Å². The monoisotopic (exact) mass is 240 g/mol. The average molecular weight is 240 g/mol. The highest BCUT2D eigenvalue weighted by Gasteiger charge is 2.08. The zero-order chi connectivity index (χ0) is 13.0. The largest absolute Gasteiger partial charge is 0.399 e. The Bertz CT molecular complexity index is 503. The normalized spacial score (nSPS) is 12.3. The van der Waals surface area contributed by atoms with Crippen LogP contribution < -0.4 is 11.5 Å². The van der Waals surface area contributed by atoms with Gasteiger partial charge in [0.2, 0.25) is 0 Å². The van der Waals surface area contributed by atoms with Crippen molar-refractivity contribution in [2.24, 2.45) is 5.73 Å². The maximum Gasteiger partial charge on any atom is 0.0314 e. The fourth-order valence-corrected chi connectivity index (χ4v) is 2.16. The van der Waals surface area contributed by atoms with Crippen molar-refractivity contribution in [2.75, 3.05) is 5.73 Å². The third-order valence-electron chi connectivity index (χ3n) is 3.31. The van der Waals surface area contributed by atoms with Crippen LogP contribution in [0.5, 0.6) is 0 Å². The van der Waals surface area contributed by atoms with Crippen molar-refractivity contribution in [3.05, 3.63) is 65.2 Å². The van der Waals surface area contributed by atoms with Crippen LogP contribution in [0.1, 0.15) is 29.2 Å². The summed E-state index contributed by atoms with van der Waals surface area (Å²) in [4.78, 5) is 0. The Balaban J connectivity index is 1.98. The Labute approximate surface area is 109 Å². The molecular formula is C16H20N2. The second-order valence-electron chi connectivity index (χ2n) is 4.74. The summed E-state index contributed by atoms with van der Waals surface area (Å²) in [5.41, 5.74) is 16.5. The number of nitrogen functional groups attached to an aromatic ring is 1. The number of anilines is 1. The molecule has 1 atom stereocenters. The number of hydrogen-bond donors (Lipinski definition) is 2. The lowest BCUT2D eigenvalue weighted by molar-refractivity contribution is 0.648. The molecular weight excluding hydrogens is 220 g/mol. The highest BCUT2D eigenvalue weighted by Crippen LogP contribution is 2.20. The number of rotatable bonds is 4. The van der Waals surface area contributed by atoms with Crippen molar-refractivity contribution in [3.8, 4) is 0 Å². The van der Waals surface area contributed by atoms with Crippen molar-refractivity contribution in [3.63, 3.8) is 0 Å². The van der Waals surface area contributed by atoms with Gasteiger partial charge in [-0.25, -0.2) is 0 Å². The molecule has 2 heteroatoms. The second kappa shape index (κ2) is 5.69. The fourth-order valence-electron chi connectivity index (χ4n) is 2.16. The molecule has 0 aliphatic heterocycles. The van der Waals surface area contributed by atoms with Crippen LogP contribution in [-0.2, 0) is 6.42 Å². The van der Waals surface area contributed by atoms with Crippen LogP contribution in [0.15, 0.2) is 48.5 Å². The van der Waals surface area contributed by atoms with Gasteiger partial charge >= 0.3 is 0 Å². The Hall–Kier alpha value is -1.80. The first-order valence-electron chi connectivity index (χ1n) is 6.32. The number of hydrogen-bond acceptors (Lipinski definition) is 2. The lowest BCUT2D eigenvalue weighted by atomic mass is 9.96. The predicted molar refractivity (Wildman–Crippen MR) is 77.3 cm³/mol. The van der Waals surface area contributed by atoms with E-state index >= 15 is 0 Å². The van der Waals surface area contributed by atoms with Crippen molar-refractivity contribution >= 4 is 5.69 Å². The van der Waals surface area contributed by atoms with Crippen molar-refractivity contribution in [2.45, 2.75) is 25.8 Å². The Morgan fingerprint density at radius 1 is 1.00 bits per heavy atom. The van der Waals surface area contributed by atoms with Gasteiger partial charge in [-0.2, -0.15) is 0 Å². The molecule has 2 rings (SSSR count). The fraction of sp³-hybridized carbons (Fsp3) is 0.250. The molecule has 0 spiro atoms. The maximum atomic E-state index is 6.25. The van der Waals surface area contributed by atoms with E-state index in [0.29, 0.717) is 0 Å². The van der Waals surface area contributed by atoms with Gasteiger partial charge in [-0.1, -0.05) is 36.4 Å². The summed E-state index contributed by atoms with van der Waals surface area (Å²) in [5, 5.41) is 0. The SMILES string of the molecule is Cc1ccccc1[C@@H](N)CCc1ccc(N)cc1. The van der Waals surface area contributed by atoms with Crippen LogP contribution in [-0.4, -0.2) is 0 Å². The average Bonchev–Trinajstić information content (AvgIpc) is 2.38. The standard InChI is InChI=1S/C16H20N2/c1-12-4-2-3-5-15(12)16(18)11-8-13-6-9-14(17)10-7-13/h2-7,9-10,16H,8,11,17-18H2,1H3/t16-/m0/s1. The first kappa shape index (κ1) is 12.7. The molecule has 0 amide bonds. The van der Waals surface area contributed by atoms with E-state index in [-0.39, 0.29) is 6.04 Å². The molecule has 0 aliphatic rings. The number of aryl methyl sites for hydroxylation is 2. The predicted octanol–water partition coefficient (Wildman–Crippen LogP) is 3.21. The van der Waals surface area contributed by atoms with Gasteiger partial charge in [0.1, 0.15) is 0 Å². The Morgan fingerprint density at radius 3 is 2.33 bits per heavy atom. The molecule has 4 N–H and O–H groups in total. The first-order valence-corrected chi connectivity index (χ1v) is 6.32. The van der Waals surface area contributed by atoms with Crippen molar-refractivity contribution in [1.82, 2.24) is 0 Å². The van der Waals surface area contributed by atoms with E-state index in [1.165, 1.54) is 16.7 Å². The molecule has 0 heterocycles. The smallest absolute Gasteiger partial charge is 0.0314 e. The molecule has 0 saturated heterocycles. The zero-order valence-corrected chi connectivity index (χ0v) is 10.8. The molecule has 0 saturated carbocycles. The number of nitrogens with two attached hydrogens (primary N) is 2. The minimum atomic E-state index is 0.101. The molecule has 0 fully saturated rings. The molecule has 0 aromatic heterocycles.